The predicted molar refractivity (Wildman–Crippen MR) is 78.6 cm³/mol. The minimum absolute atomic E-state index is 0.103. The first-order valence-corrected chi connectivity index (χ1v) is 9.01. The van der Waals surface area contributed by atoms with Crippen LogP contribution in [-0.4, -0.2) is 67.6 Å². The van der Waals surface area contributed by atoms with Gasteiger partial charge in [0.05, 0.1) is 5.75 Å². The molecule has 2 atom stereocenters. The van der Waals surface area contributed by atoms with Gasteiger partial charge in [-0.25, -0.2) is 8.42 Å². The Bertz CT molecular complexity index is 449. The van der Waals surface area contributed by atoms with E-state index in [1.165, 1.54) is 6.26 Å². The zero-order chi connectivity index (χ0) is 15.6. The van der Waals surface area contributed by atoms with E-state index in [4.69, 9.17) is 0 Å². The highest BCUT2D eigenvalue weighted by Crippen LogP contribution is 2.33. The van der Waals surface area contributed by atoms with Crippen molar-refractivity contribution in [3.8, 4) is 0 Å². The molecule has 0 amide bonds. The van der Waals surface area contributed by atoms with Crippen molar-refractivity contribution in [1.82, 2.24) is 10.2 Å². The lowest BCUT2D eigenvalue weighted by Crippen LogP contribution is -2.53. The maximum absolute atomic E-state index is 11.6. The summed E-state index contributed by atoms with van der Waals surface area (Å²) in [6, 6.07) is 0.213. The summed E-state index contributed by atoms with van der Waals surface area (Å²) in [7, 11) is -1.12. The second kappa shape index (κ2) is 6.41. The van der Waals surface area contributed by atoms with Gasteiger partial charge in [0.25, 0.3) is 0 Å². The quantitative estimate of drug-likeness (QED) is 0.705. The normalized spacial score (nSPS) is 27.4. The van der Waals surface area contributed by atoms with E-state index in [-0.39, 0.29) is 17.8 Å². The van der Waals surface area contributed by atoms with Crippen molar-refractivity contribution in [2.75, 3.05) is 25.6 Å². The molecule has 0 aliphatic heterocycles. The zero-order valence-corrected chi connectivity index (χ0v) is 13.5. The third kappa shape index (κ3) is 4.71. The molecular formula is C13H26N2O4S. The number of nitrogens with zero attached hydrogens (tertiary/aromatic N) is 1. The molecule has 0 bridgehead atoms. The minimum atomic E-state index is -2.99. The maximum atomic E-state index is 11.6. The Morgan fingerprint density at radius 1 is 1.50 bits per heavy atom. The molecule has 7 heteroatoms. The van der Waals surface area contributed by atoms with Gasteiger partial charge in [-0.05, 0) is 40.2 Å². The fourth-order valence-electron chi connectivity index (χ4n) is 2.83. The SMILES string of the molecule is CC(C)NC1(C(=O)O)CCC(N(C)CCS(C)(=O)=O)C1. The highest BCUT2D eigenvalue weighted by atomic mass is 32.2. The van der Waals surface area contributed by atoms with Gasteiger partial charge in [0.2, 0.25) is 0 Å². The van der Waals surface area contributed by atoms with Crippen molar-refractivity contribution >= 4 is 15.8 Å². The number of aliphatic carboxylic acids is 1. The first-order valence-electron chi connectivity index (χ1n) is 6.95. The van der Waals surface area contributed by atoms with Crippen molar-refractivity contribution < 1.29 is 18.3 Å². The van der Waals surface area contributed by atoms with E-state index in [1.807, 2.05) is 25.8 Å². The van der Waals surface area contributed by atoms with Crippen molar-refractivity contribution in [3.05, 3.63) is 0 Å². The summed E-state index contributed by atoms with van der Waals surface area (Å²) < 4.78 is 22.4. The Morgan fingerprint density at radius 3 is 2.55 bits per heavy atom. The molecule has 118 valence electrons. The lowest BCUT2D eigenvalue weighted by atomic mass is 9.96. The Morgan fingerprint density at radius 2 is 2.10 bits per heavy atom. The van der Waals surface area contributed by atoms with Crippen LogP contribution in [0.4, 0.5) is 0 Å². The van der Waals surface area contributed by atoms with Crippen molar-refractivity contribution in [3.63, 3.8) is 0 Å². The first kappa shape index (κ1) is 17.4. The van der Waals surface area contributed by atoms with Crippen LogP contribution in [0.5, 0.6) is 0 Å². The third-order valence-electron chi connectivity index (χ3n) is 3.90. The van der Waals surface area contributed by atoms with Crippen LogP contribution < -0.4 is 5.32 Å². The molecule has 6 nitrogen and oxygen atoms in total. The molecule has 1 aliphatic carbocycles. The Hall–Kier alpha value is -0.660. The minimum Gasteiger partial charge on any atom is -0.480 e. The predicted octanol–water partition coefficient (Wildman–Crippen LogP) is 0.337. The molecule has 20 heavy (non-hydrogen) atoms. The topological polar surface area (TPSA) is 86.7 Å². The van der Waals surface area contributed by atoms with E-state index >= 15 is 0 Å². The van der Waals surface area contributed by atoms with Gasteiger partial charge in [0.15, 0.2) is 0 Å². The molecule has 2 N–H and O–H groups in total. The second-order valence-electron chi connectivity index (χ2n) is 6.19. The van der Waals surface area contributed by atoms with Gasteiger partial charge >= 0.3 is 5.97 Å². The molecule has 0 spiro atoms. The van der Waals surface area contributed by atoms with Crippen molar-refractivity contribution in [2.45, 2.75) is 50.7 Å². The molecule has 1 fully saturated rings. The van der Waals surface area contributed by atoms with Crippen LogP contribution >= 0.6 is 0 Å². The number of rotatable bonds is 7. The summed E-state index contributed by atoms with van der Waals surface area (Å²) in [5, 5.41) is 12.7. The average molecular weight is 306 g/mol. The average Bonchev–Trinajstić information content (AvgIpc) is 2.69. The van der Waals surface area contributed by atoms with Crippen LogP contribution in [0.25, 0.3) is 0 Å². The number of nitrogens with one attached hydrogen (secondary N) is 1. The molecule has 1 aliphatic rings. The monoisotopic (exact) mass is 306 g/mol. The van der Waals surface area contributed by atoms with E-state index in [0.29, 0.717) is 19.4 Å². The smallest absolute Gasteiger partial charge is 0.323 e. The van der Waals surface area contributed by atoms with Crippen LogP contribution in [0.1, 0.15) is 33.1 Å². The lowest BCUT2D eigenvalue weighted by molar-refractivity contribution is -0.145. The van der Waals surface area contributed by atoms with E-state index in [9.17, 15) is 18.3 Å². The summed E-state index contributed by atoms with van der Waals surface area (Å²) in [6.07, 6.45) is 3.08. The molecule has 2 unspecified atom stereocenters. The van der Waals surface area contributed by atoms with E-state index < -0.39 is 21.3 Å². The summed E-state index contributed by atoms with van der Waals surface area (Å²) in [6.45, 7) is 4.32. The third-order valence-corrected chi connectivity index (χ3v) is 4.83. The van der Waals surface area contributed by atoms with Crippen molar-refractivity contribution in [1.29, 1.82) is 0 Å². The van der Waals surface area contributed by atoms with Crippen LogP contribution in [0.15, 0.2) is 0 Å². The Labute approximate surface area is 121 Å². The Kier molecular flexibility index (Phi) is 5.57. The largest absolute Gasteiger partial charge is 0.480 e. The van der Waals surface area contributed by atoms with Gasteiger partial charge in [-0.2, -0.15) is 0 Å². The van der Waals surface area contributed by atoms with Crippen LogP contribution in [0.2, 0.25) is 0 Å². The van der Waals surface area contributed by atoms with Gasteiger partial charge in [-0.3, -0.25) is 10.1 Å². The fraction of sp³-hybridized carbons (Fsp3) is 0.923. The number of carboxylic acids is 1. The summed E-state index contributed by atoms with van der Waals surface area (Å²) in [5.74, 6) is -0.706. The summed E-state index contributed by atoms with van der Waals surface area (Å²) >= 11 is 0. The van der Waals surface area contributed by atoms with Gasteiger partial charge < -0.3 is 10.0 Å². The van der Waals surface area contributed by atoms with Crippen LogP contribution in [-0.2, 0) is 14.6 Å². The number of hydrogen-bond acceptors (Lipinski definition) is 5. The molecule has 1 rings (SSSR count). The molecule has 0 aromatic carbocycles. The second-order valence-corrected chi connectivity index (χ2v) is 8.45. The van der Waals surface area contributed by atoms with Gasteiger partial charge in [0, 0.05) is 24.9 Å². The molecule has 0 aromatic heterocycles. The van der Waals surface area contributed by atoms with E-state index in [1.54, 1.807) is 0 Å². The highest BCUT2D eigenvalue weighted by Gasteiger charge is 2.46. The maximum Gasteiger partial charge on any atom is 0.323 e. The van der Waals surface area contributed by atoms with Gasteiger partial charge in [0.1, 0.15) is 15.4 Å². The molecule has 0 aromatic rings. The number of sulfone groups is 1. The van der Waals surface area contributed by atoms with E-state index in [2.05, 4.69) is 5.32 Å². The van der Waals surface area contributed by atoms with E-state index in [0.717, 1.165) is 6.42 Å². The fourth-order valence-corrected chi connectivity index (χ4v) is 3.45. The molecule has 0 saturated heterocycles. The number of hydrogen-bond donors (Lipinski definition) is 2. The molecule has 0 radical (unpaired) electrons. The molecule has 0 heterocycles. The standard InChI is InChI=1S/C13H26N2O4S/c1-10(2)14-13(12(16)17)6-5-11(9-13)15(3)7-8-20(4,18)19/h10-11,14H,5-9H2,1-4H3,(H,16,17). The highest BCUT2D eigenvalue weighted by molar-refractivity contribution is 7.90. The summed E-state index contributed by atoms with van der Waals surface area (Å²) in [5.41, 5.74) is -0.877. The summed E-state index contributed by atoms with van der Waals surface area (Å²) in [4.78, 5) is 13.5. The Balaban J connectivity index is 2.66. The first-order chi connectivity index (χ1) is 9.06. The van der Waals surface area contributed by atoms with Gasteiger partial charge in [-0.15, -0.1) is 0 Å². The van der Waals surface area contributed by atoms with Crippen molar-refractivity contribution in [2.24, 2.45) is 0 Å². The number of carboxylic acid groups (broad SMARTS) is 1. The lowest BCUT2D eigenvalue weighted by Gasteiger charge is -2.30. The van der Waals surface area contributed by atoms with Crippen LogP contribution in [0.3, 0.4) is 0 Å². The molecular weight excluding hydrogens is 280 g/mol. The zero-order valence-electron chi connectivity index (χ0n) is 12.7. The molecule has 1 saturated carbocycles. The number of carbonyl (C=O) groups is 1. The van der Waals surface area contributed by atoms with Crippen LogP contribution in [0, 0.1) is 0 Å². The van der Waals surface area contributed by atoms with Gasteiger partial charge in [-0.1, -0.05) is 0 Å².